The summed E-state index contributed by atoms with van der Waals surface area (Å²) in [7, 11) is -1.76. The van der Waals surface area contributed by atoms with Gasteiger partial charge in [0.2, 0.25) is 0 Å². The van der Waals surface area contributed by atoms with E-state index in [2.05, 4.69) is 25.2 Å². The van der Waals surface area contributed by atoms with Gasteiger partial charge in [0.25, 0.3) is 10.0 Å². The van der Waals surface area contributed by atoms with Gasteiger partial charge in [0.1, 0.15) is 4.90 Å². The molecule has 0 spiro atoms. The van der Waals surface area contributed by atoms with Crippen LogP contribution in [0.15, 0.2) is 29.6 Å². The fourth-order valence-corrected chi connectivity index (χ4v) is 2.44. The van der Waals surface area contributed by atoms with E-state index in [1.165, 1.54) is 18.6 Å². The van der Waals surface area contributed by atoms with E-state index in [1.54, 1.807) is 13.1 Å². The molecule has 0 radical (unpaired) electrons. The molecule has 0 aliphatic carbocycles. The van der Waals surface area contributed by atoms with Gasteiger partial charge in [0.05, 0.1) is 11.9 Å². The topological polar surface area (TPSA) is 103 Å². The predicted octanol–water partition coefficient (Wildman–Crippen LogP) is 0.258. The van der Waals surface area contributed by atoms with E-state index in [4.69, 9.17) is 0 Å². The van der Waals surface area contributed by atoms with E-state index >= 15 is 0 Å². The summed E-state index contributed by atoms with van der Waals surface area (Å²) in [4.78, 5) is 3.09. The van der Waals surface area contributed by atoms with Gasteiger partial charge in [-0.05, 0) is 13.1 Å². The summed E-state index contributed by atoms with van der Waals surface area (Å²) in [5.74, 6) is 0. The zero-order valence-corrected chi connectivity index (χ0v) is 10.0. The van der Waals surface area contributed by atoms with Crippen LogP contribution in [0.25, 0.3) is 0 Å². The van der Waals surface area contributed by atoms with Gasteiger partial charge in [-0.25, -0.2) is 8.42 Å². The molecule has 0 amide bonds. The van der Waals surface area contributed by atoms with Crippen LogP contribution in [-0.4, -0.2) is 30.6 Å². The van der Waals surface area contributed by atoms with Crippen molar-refractivity contribution < 1.29 is 8.42 Å². The average molecular weight is 255 g/mol. The van der Waals surface area contributed by atoms with Crippen molar-refractivity contribution in [2.24, 2.45) is 0 Å². The summed E-state index contributed by atoms with van der Waals surface area (Å²) >= 11 is 0. The summed E-state index contributed by atoms with van der Waals surface area (Å²) < 4.78 is 26.3. The molecule has 2 aromatic rings. The molecular weight excluding hydrogens is 242 g/mol. The molecule has 0 saturated carbocycles. The number of sulfonamides is 1. The van der Waals surface area contributed by atoms with Crippen molar-refractivity contribution in [3.05, 3.63) is 30.4 Å². The molecular formula is C9H13N5O2S. The lowest BCUT2D eigenvalue weighted by Gasteiger charge is -2.02. The van der Waals surface area contributed by atoms with Crippen molar-refractivity contribution in [3.63, 3.8) is 0 Å². The van der Waals surface area contributed by atoms with Gasteiger partial charge < -0.3 is 10.3 Å². The molecule has 92 valence electrons. The van der Waals surface area contributed by atoms with E-state index in [9.17, 15) is 8.42 Å². The van der Waals surface area contributed by atoms with Gasteiger partial charge in [-0.3, -0.25) is 9.82 Å². The Morgan fingerprint density at radius 2 is 2.24 bits per heavy atom. The highest BCUT2D eigenvalue weighted by Gasteiger charge is 2.16. The molecule has 0 fully saturated rings. The molecule has 4 N–H and O–H groups in total. The Morgan fingerprint density at radius 3 is 2.88 bits per heavy atom. The van der Waals surface area contributed by atoms with E-state index < -0.39 is 10.0 Å². The van der Waals surface area contributed by atoms with Gasteiger partial charge in [0.15, 0.2) is 0 Å². The zero-order chi connectivity index (χ0) is 12.3. The second kappa shape index (κ2) is 4.60. The first-order chi connectivity index (χ1) is 8.12. The highest BCUT2D eigenvalue weighted by atomic mass is 32.2. The molecule has 0 aromatic carbocycles. The standard InChI is InChI=1S/C9H13N5O2S/c1-10-3-7-2-9(6-11-7)17(15,16)14-8-4-12-13-5-8/h2,4-6,10-11,14H,3H2,1H3,(H,12,13). The number of hydrogen-bond acceptors (Lipinski definition) is 4. The van der Waals surface area contributed by atoms with Crippen molar-refractivity contribution in [2.75, 3.05) is 11.8 Å². The minimum absolute atomic E-state index is 0.198. The first-order valence-corrected chi connectivity index (χ1v) is 6.43. The molecule has 0 atom stereocenters. The Kier molecular flexibility index (Phi) is 3.16. The number of aromatic amines is 2. The zero-order valence-electron chi connectivity index (χ0n) is 9.19. The van der Waals surface area contributed by atoms with Crippen LogP contribution in [0, 0.1) is 0 Å². The third kappa shape index (κ3) is 2.66. The van der Waals surface area contributed by atoms with Gasteiger partial charge in [-0.2, -0.15) is 5.10 Å². The summed E-state index contributed by atoms with van der Waals surface area (Å²) in [6.45, 7) is 0.585. The molecule has 0 unspecified atom stereocenters. The van der Waals surface area contributed by atoms with Crippen LogP contribution in [0.5, 0.6) is 0 Å². The quantitative estimate of drug-likeness (QED) is 0.615. The molecule has 2 rings (SSSR count). The second-order valence-electron chi connectivity index (χ2n) is 3.48. The molecule has 2 heterocycles. The van der Waals surface area contributed by atoms with Gasteiger partial charge in [0, 0.05) is 24.6 Å². The van der Waals surface area contributed by atoms with Crippen LogP contribution >= 0.6 is 0 Å². The van der Waals surface area contributed by atoms with Crippen LogP contribution in [0.1, 0.15) is 5.69 Å². The predicted molar refractivity (Wildman–Crippen MR) is 63.0 cm³/mol. The lowest BCUT2D eigenvalue weighted by atomic mass is 10.4. The van der Waals surface area contributed by atoms with Crippen molar-refractivity contribution in [3.8, 4) is 0 Å². The Bertz CT molecular complexity index is 572. The highest BCUT2D eigenvalue weighted by molar-refractivity contribution is 7.92. The number of nitrogens with zero attached hydrogens (tertiary/aromatic N) is 1. The molecule has 0 aliphatic heterocycles. The normalized spacial score (nSPS) is 11.6. The highest BCUT2D eigenvalue weighted by Crippen LogP contribution is 2.15. The molecule has 0 aliphatic rings. The number of aromatic nitrogens is 3. The monoisotopic (exact) mass is 255 g/mol. The number of nitrogens with one attached hydrogen (secondary N) is 4. The molecule has 2 aromatic heterocycles. The average Bonchev–Trinajstić information content (AvgIpc) is 2.88. The van der Waals surface area contributed by atoms with Gasteiger partial charge >= 0.3 is 0 Å². The third-order valence-electron chi connectivity index (χ3n) is 2.14. The lowest BCUT2D eigenvalue weighted by molar-refractivity contribution is 0.601. The summed E-state index contributed by atoms with van der Waals surface area (Å²) in [5, 5.41) is 9.13. The van der Waals surface area contributed by atoms with E-state index in [0.29, 0.717) is 12.2 Å². The van der Waals surface area contributed by atoms with Crippen LogP contribution in [-0.2, 0) is 16.6 Å². The van der Waals surface area contributed by atoms with Gasteiger partial charge in [-0.15, -0.1) is 0 Å². The molecule has 0 bridgehead atoms. The van der Waals surface area contributed by atoms with E-state index in [1.807, 2.05) is 0 Å². The first-order valence-electron chi connectivity index (χ1n) is 4.95. The summed E-state index contributed by atoms with van der Waals surface area (Å²) in [6.07, 6.45) is 4.33. The van der Waals surface area contributed by atoms with Crippen molar-refractivity contribution in [1.82, 2.24) is 20.5 Å². The maximum absolute atomic E-state index is 11.9. The molecule has 8 heteroatoms. The third-order valence-corrected chi connectivity index (χ3v) is 3.51. The maximum atomic E-state index is 11.9. The molecule has 17 heavy (non-hydrogen) atoms. The SMILES string of the molecule is CNCc1cc(S(=O)(=O)Nc2cn[nH]c2)c[nH]1. The van der Waals surface area contributed by atoms with Gasteiger partial charge in [-0.1, -0.05) is 0 Å². The fourth-order valence-electron chi connectivity index (χ4n) is 1.39. The summed E-state index contributed by atoms with van der Waals surface area (Å²) in [5.41, 5.74) is 1.21. The number of hydrogen-bond donors (Lipinski definition) is 4. The Hall–Kier alpha value is -1.80. The van der Waals surface area contributed by atoms with Crippen molar-refractivity contribution in [1.29, 1.82) is 0 Å². The molecule has 7 nitrogen and oxygen atoms in total. The van der Waals surface area contributed by atoms with Crippen LogP contribution in [0.2, 0.25) is 0 Å². The number of anilines is 1. The van der Waals surface area contributed by atoms with E-state index in [-0.39, 0.29) is 4.90 Å². The largest absolute Gasteiger partial charge is 0.363 e. The smallest absolute Gasteiger partial charge is 0.263 e. The maximum Gasteiger partial charge on any atom is 0.263 e. The minimum Gasteiger partial charge on any atom is -0.363 e. The number of H-pyrrole nitrogens is 2. The minimum atomic E-state index is -3.55. The Balaban J connectivity index is 2.19. The van der Waals surface area contributed by atoms with Crippen LogP contribution in [0.4, 0.5) is 5.69 Å². The summed E-state index contributed by atoms with van der Waals surface area (Å²) in [6, 6.07) is 1.58. The fraction of sp³-hybridized carbons (Fsp3) is 0.222. The Morgan fingerprint density at radius 1 is 1.41 bits per heavy atom. The Labute approximate surface area is 98.7 Å². The number of rotatable bonds is 5. The second-order valence-corrected chi connectivity index (χ2v) is 5.17. The molecule has 0 saturated heterocycles. The lowest BCUT2D eigenvalue weighted by Crippen LogP contribution is -2.11. The van der Waals surface area contributed by atoms with Crippen LogP contribution < -0.4 is 10.0 Å². The van der Waals surface area contributed by atoms with Crippen molar-refractivity contribution in [2.45, 2.75) is 11.4 Å². The van der Waals surface area contributed by atoms with Crippen molar-refractivity contribution >= 4 is 15.7 Å². The first kappa shape index (κ1) is 11.7. The van der Waals surface area contributed by atoms with E-state index in [0.717, 1.165) is 5.69 Å². The van der Waals surface area contributed by atoms with Crippen LogP contribution in [0.3, 0.4) is 0 Å².